The lowest BCUT2D eigenvalue weighted by Gasteiger charge is -2.18. The first kappa shape index (κ1) is 41.3. The lowest BCUT2D eigenvalue weighted by atomic mass is 10.1. The molecule has 0 aliphatic heterocycles. The van der Waals surface area contributed by atoms with E-state index in [0.717, 1.165) is 6.07 Å². The maximum absolute atomic E-state index is 15.1. The van der Waals surface area contributed by atoms with Crippen molar-refractivity contribution >= 4 is 33.5 Å². The topological polar surface area (TPSA) is 135 Å². The average molecular weight is 1000 g/mol. The molecular weight excluding hydrogens is 974 g/mol. The number of nitrogens with zero attached hydrogens (tertiary/aromatic N) is 1. The van der Waals surface area contributed by atoms with Crippen molar-refractivity contribution in [1.29, 1.82) is 0 Å². The van der Waals surface area contributed by atoms with Crippen LogP contribution >= 0.6 is 15.9 Å². The number of aromatic nitrogens is 1. The normalized spacial score (nSPS) is 13.6. The molecule has 0 bridgehead atoms. The minimum Gasteiger partial charge on any atom is -0.493 e. The first-order valence-electron chi connectivity index (χ1n) is 19.3. The van der Waals surface area contributed by atoms with Gasteiger partial charge in [0, 0.05) is 12.1 Å². The Bertz CT molecular complexity index is 2750. The Hall–Kier alpha value is -6.73. The van der Waals surface area contributed by atoms with Gasteiger partial charge in [0.05, 0.1) is 44.8 Å². The molecule has 0 saturated carbocycles. The van der Waals surface area contributed by atoms with Crippen LogP contribution < -0.4 is 33.7 Å². The number of hydrogen-bond acceptors (Lipinski definition) is 9. The van der Waals surface area contributed by atoms with Crippen molar-refractivity contribution in [2.75, 3.05) is 19.4 Å². The van der Waals surface area contributed by atoms with E-state index < -0.39 is 131 Å². The standard InChI is InChI=1S/C22H14BrF7N2O4.C16H9F7O5/c1-10-13(5-8-17(23)31-10)32-20(33)18-15(7-4-12(19(18)24)21(25,26)27)35-14-6-3-11(9-16(14)34-2)36-22(28,29)30;1-26-11-6-7(28-16(21,22)23)2-4-9(11)27-10-5-3-8(15(18,19)20)13(17)12(10)14(24)25/h3-9H,1-2H3,(H,32,33);2-6H,1H3,(H,24,25)/i2D3;1D3. The number of methoxy groups -OCH3 is 2. The highest BCUT2D eigenvalue weighted by atomic mass is 79.9. The van der Waals surface area contributed by atoms with Gasteiger partial charge in [-0.25, -0.2) is 18.6 Å². The SMILES string of the molecule is [2H]C([2H])([2H])Oc1cc(OC(F)(F)F)ccc1Oc1ccc(C(F)(F)F)c(F)c1C(=O)Nc1ccc(Br)nc1C.[2H]C([2H])([2H])Oc1cc(OC(F)(F)F)ccc1Oc1ccc(C(F)(F)F)c(F)c1C(=O)O. The van der Waals surface area contributed by atoms with Gasteiger partial charge < -0.3 is 38.8 Å². The van der Waals surface area contributed by atoms with E-state index in [1.165, 1.54) is 19.1 Å². The summed E-state index contributed by atoms with van der Waals surface area (Å²) in [5.41, 5.74) is -6.32. The summed E-state index contributed by atoms with van der Waals surface area (Å²) in [5.74, 6) is -14.7. The van der Waals surface area contributed by atoms with E-state index >= 15 is 4.39 Å². The number of aryl methyl sites for hydroxylation is 1. The summed E-state index contributed by atoms with van der Waals surface area (Å²) < 4.78 is 253. The molecule has 0 aliphatic carbocycles. The van der Waals surface area contributed by atoms with Crippen LogP contribution in [0.25, 0.3) is 0 Å². The Balaban J connectivity index is 0.000000313. The molecule has 64 heavy (non-hydrogen) atoms. The number of carboxylic acids is 1. The molecule has 0 fully saturated rings. The van der Waals surface area contributed by atoms with Crippen LogP contribution in [0, 0.1) is 18.6 Å². The third-order valence-corrected chi connectivity index (χ3v) is 7.96. The van der Waals surface area contributed by atoms with E-state index in [1.54, 1.807) is 0 Å². The minimum atomic E-state index is -5.24. The molecule has 0 spiro atoms. The Morgan fingerprint density at radius 2 is 1.05 bits per heavy atom. The number of nitrogens with one attached hydrogen (secondary N) is 1. The maximum Gasteiger partial charge on any atom is 0.573 e. The average Bonchev–Trinajstić information content (AvgIpc) is 3.14. The minimum absolute atomic E-state index is 0.00559. The molecule has 4 aromatic carbocycles. The summed E-state index contributed by atoms with van der Waals surface area (Å²) >= 11 is 3.10. The highest BCUT2D eigenvalue weighted by molar-refractivity contribution is 9.10. The van der Waals surface area contributed by atoms with E-state index in [9.17, 15) is 66.7 Å². The monoisotopic (exact) mass is 1000 g/mol. The molecule has 344 valence electrons. The highest BCUT2D eigenvalue weighted by Crippen LogP contribution is 2.43. The van der Waals surface area contributed by atoms with Crippen LogP contribution in [0.2, 0.25) is 0 Å². The first-order valence-corrected chi connectivity index (χ1v) is 17.1. The zero-order chi connectivity index (χ0) is 53.1. The van der Waals surface area contributed by atoms with Crippen LogP contribution in [0.5, 0.6) is 46.0 Å². The Morgan fingerprint density at radius 3 is 1.44 bits per heavy atom. The molecule has 0 atom stereocenters. The number of carboxylic acid groups (broad SMARTS) is 1. The van der Waals surface area contributed by atoms with Gasteiger partial charge in [0.2, 0.25) is 0 Å². The fraction of sp³-hybridized carbons (Fsp3) is 0.184. The third kappa shape index (κ3) is 12.9. The van der Waals surface area contributed by atoms with Crippen molar-refractivity contribution in [3.63, 3.8) is 0 Å². The summed E-state index contributed by atoms with van der Waals surface area (Å²) in [6, 6.07) is 7.75. The smallest absolute Gasteiger partial charge is 0.493 e. The predicted octanol–water partition coefficient (Wildman–Crippen LogP) is 12.5. The molecule has 0 unspecified atom stereocenters. The number of anilines is 1. The molecular formula is C38H23BrF14N2O9. The third-order valence-electron chi connectivity index (χ3n) is 7.52. The number of carbonyl (C=O) groups is 2. The van der Waals surface area contributed by atoms with Crippen LogP contribution in [0.15, 0.2) is 77.4 Å². The summed E-state index contributed by atoms with van der Waals surface area (Å²) in [7, 11) is -6.46. The van der Waals surface area contributed by atoms with E-state index in [1.807, 2.05) is 0 Å². The van der Waals surface area contributed by atoms with Gasteiger partial charge in [-0.15, -0.1) is 26.3 Å². The van der Waals surface area contributed by atoms with Crippen LogP contribution in [-0.2, 0) is 12.4 Å². The number of aromatic carboxylic acids is 1. The summed E-state index contributed by atoms with van der Waals surface area (Å²) in [6.45, 7) is 1.45. The van der Waals surface area contributed by atoms with Crippen LogP contribution in [0.3, 0.4) is 0 Å². The lowest BCUT2D eigenvalue weighted by molar-refractivity contribution is -0.275. The zero-order valence-electron chi connectivity index (χ0n) is 36.8. The second-order valence-corrected chi connectivity index (χ2v) is 12.7. The van der Waals surface area contributed by atoms with Gasteiger partial charge in [0.15, 0.2) is 34.6 Å². The van der Waals surface area contributed by atoms with Crippen molar-refractivity contribution in [1.82, 2.24) is 4.98 Å². The van der Waals surface area contributed by atoms with E-state index in [0.29, 0.717) is 47.1 Å². The van der Waals surface area contributed by atoms with Gasteiger partial charge in [0.25, 0.3) is 5.91 Å². The second kappa shape index (κ2) is 19.3. The summed E-state index contributed by atoms with van der Waals surface area (Å²) in [4.78, 5) is 28.3. The van der Waals surface area contributed by atoms with Crippen LogP contribution in [-0.4, -0.2) is 48.8 Å². The first-order chi connectivity index (χ1) is 31.8. The second-order valence-electron chi connectivity index (χ2n) is 11.8. The Morgan fingerprint density at radius 1 is 0.625 bits per heavy atom. The number of hydrogen-bond donors (Lipinski definition) is 2. The maximum atomic E-state index is 15.1. The van der Waals surface area contributed by atoms with Gasteiger partial charge in [-0.3, -0.25) is 4.79 Å². The lowest BCUT2D eigenvalue weighted by Crippen LogP contribution is -2.19. The Labute approximate surface area is 365 Å². The van der Waals surface area contributed by atoms with Crippen LogP contribution in [0.4, 0.5) is 67.2 Å². The molecule has 5 rings (SSSR count). The number of alkyl halides is 12. The molecule has 5 aromatic rings. The van der Waals surface area contributed by atoms with E-state index in [4.69, 9.17) is 22.8 Å². The quantitative estimate of drug-likeness (QED) is 0.0973. The van der Waals surface area contributed by atoms with E-state index in [-0.39, 0.29) is 23.5 Å². The number of benzene rings is 4. The molecule has 2 N–H and O–H groups in total. The Kier molecular flexibility index (Phi) is 12.5. The molecule has 1 aromatic heterocycles. The highest BCUT2D eigenvalue weighted by Gasteiger charge is 2.39. The molecule has 1 amide bonds. The van der Waals surface area contributed by atoms with Crippen molar-refractivity contribution in [3.05, 3.63) is 117 Å². The van der Waals surface area contributed by atoms with Crippen molar-refractivity contribution in [2.45, 2.75) is 32.0 Å². The zero-order valence-corrected chi connectivity index (χ0v) is 32.3. The van der Waals surface area contributed by atoms with E-state index in [2.05, 4.69) is 45.2 Å². The molecule has 0 aliphatic rings. The number of ether oxygens (including phenoxy) is 6. The molecule has 0 saturated heterocycles. The number of halogens is 15. The molecule has 0 radical (unpaired) electrons. The molecule has 1 heterocycles. The summed E-state index contributed by atoms with van der Waals surface area (Å²) in [6.07, 6.45) is -20.8. The fourth-order valence-corrected chi connectivity index (χ4v) is 5.32. The van der Waals surface area contributed by atoms with Gasteiger partial charge in [-0.1, -0.05) is 0 Å². The fourth-order valence-electron chi connectivity index (χ4n) is 4.92. The molecule has 11 nitrogen and oxygen atoms in total. The van der Waals surface area contributed by atoms with Gasteiger partial charge in [-0.05, 0) is 83.5 Å². The van der Waals surface area contributed by atoms with Crippen LogP contribution in [0.1, 0.15) is 45.8 Å². The molecule has 26 heteroatoms. The predicted molar refractivity (Wildman–Crippen MR) is 194 cm³/mol. The van der Waals surface area contributed by atoms with Crippen molar-refractivity contribution < 1.29 is 113 Å². The van der Waals surface area contributed by atoms with Gasteiger partial charge >= 0.3 is 31.0 Å². The summed E-state index contributed by atoms with van der Waals surface area (Å²) in [5, 5.41) is 11.3. The number of pyridine rings is 1. The number of rotatable bonds is 11. The largest absolute Gasteiger partial charge is 0.573 e. The van der Waals surface area contributed by atoms with Crippen molar-refractivity contribution in [3.8, 4) is 46.0 Å². The van der Waals surface area contributed by atoms with Gasteiger partial charge in [0.1, 0.15) is 38.7 Å². The number of amides is 1. The van der Waals surface area contributed by atoms with Gasteiger partial charge in [-0.2, -0.15) is 26.3 Å². The number of carbonyl (C=O) groups excluding carboxylic acids is 1. The van der Waals surface area contributed by atoms with Crippen molar-refractivity contribution in [2.24, 2.45) is 0 Å².